The first-order valence-electron chi connectivity index (χ1n) is 16.9. The molecule has 0 spiro atoms. The number of benzene rings is 6. The quantitative estimate of drug-likeness (QED) is 0.147. The molecule has 0 radical (unpaired) electrons. The summed E-state index contributed by atoms with van der Waals surface area (Å²) in [6, 6.07) is 51.6. The van der Waals surface area contributed by atoms with Crippen LogP contribution in [0.25, 0.3) is 66.1 Å². The number of thiol groups is 1. The second kappa shape index (κ2) is 10.5. The van der Waals surface area contributed by atoms with Gasteiger partial charge in [0.25, 0.3) is 0 Å². The average molecular weight is 635 g/mol. The molecule has 230 valence electrons. The molecule has 0 bridgehead atoms. The van der Waals surface area contributed by atoms with Gasteiger partial charge in [0.05, 0.1) is 16.6 Å². The van der Waals surface area contributed by atoms with Crippen molar-refractivity contribution >= 4 is 67.6 Å². The predicted octanol–water partition coefficient (Wildman–Crippen LogP) is 11.4. The summed E-state index contributed by atoms with van der Waals surface area (Å²) in [5.74, 6) is 0. The van der Waals surface area contributed by atoms with Crippen LogP contribution in [-0.2, 0) is 6.42 Å². The highest BCUT2D eigenvalue weighted by molar-refractivity contribution is 7.80. The van der Waals surface area contributed by atoms with Crippen LogP contribution in [0, 0.1) is 5.41 Å². The van der Waals surface area contributed by atoms with Crippen LogP contribution in [-0.4, -0.2) is 10.4 Å². The van der Waals surface area contributed by atoms with Crippen LogP contribution >= 0.6 is 12.6 Å². The van der Waals surface area contributed by atoms with E-state index in [1.807, 2.05) is 0 Å². The number of aromatic nitrogens is 1. The smallest absolute Gasteiger partial charge is 0.0628 e. The van der Waals surface area contributed by atoms with E-state index in [-0.39, 0.29) is 5.41 Å². The third-order valence-electron chi connectivity index (χ3n) is 10.9. The lowest BCUT2D eigenvalue weighted by Crippen LogP contribution is -2.28. The van der Waals surface area contributed by atoms with Gasteiger partial charge in [-0.1, -0.05) is 140 Å². The maximum absolute atomic E-state index is 5.38. The Kier molecular flexibility index (Phi) is 6.09. The molecular weight excluding hydrogens is 601 g/mol. The van der Waals surface area contributed by atoms with Gasteiger partial charge >= 0.3 is 0 Å². The van der Waals surface area contributed by atoms with E-state index >= 15 is 0 Å². The molecule has 3 heteroatoms. The maximum Gasteiger partial charge on any atom is 0.0628 e. The van der Waals surface area contributed by atoms with Gasteiger partial charge in [0.1, 0.15) is 0 Å². The van der Waals surface area contributed by atoms with Crippen molar-refractivity contribution in [2.24, 2.45) is 5.41 Å². The molecule has 1 aliphatic heterocycles. The fourth-order valence-electron chi connectivity index (χ4n) is 8.59. The summed E-state index contributed by atoms with van der Waals surface area (Å²) in [6.07, 6.45) is 5.84. The van der Waals surface area contributed by atoms with E-state index in [1.165, 1.54) is 76.7 Å². The zero-order chi connectivity index (χ0) is 32.0. The Labute approximate surface area is 285 Å². The number of nitrogens with zero attached hydrogens (tertiary/aromatic N) is 1. The lowest BCUT2D eigenvalue weighted by Gasteiger charge is -2.31. The van der Waals surface area contributed by atoms with Crippen LogP contribution in [0.5, 0.6) is 0 Å². The number of fused-ring (bicyclic) bond motifs is 10. The summed E-state index contributed by atoms with van der Waals surface area (Å²) in [4.78, 5) is 1.02. The van der Waals surface area contributed by atoms with Gasteiger partial charge < -0.3 is 9.72 Å². The van der Waals surface area contributed by atoms with Crippen molar-refractivity contribution in [1.82, 2.24) is 9.72 Å². The minimum atomic E-state index is -0.0785. The lowest BCUT2D eigenvalue weighted by molar-refractivity contribution is 0.405. The van der Waals surface area contributed by atoms with Crippen molar-refractivity contribution < 1.29 is 0 Å². The maximum atomic E-state index is 5.38. The highest BCUT2D eigenvalue weighted by atomic mass is 32.1. The molecular formula is C45H34N2S. The molecule has 2 aliphatic rings. The van der Waals surface area contributed by atoms with Crippen molar-refractivity contribution in [3.63, 3.8) is 0 Å². The lowest BCUT2D eigenvalue weighted by atomic mass is 9.72. The largest absolute Gasteiger partial charge is 0.308 e. The predicted molar refractivity (Wildman–Crippen MR) is 206 cm³/mol. The van der Waals surface area contributed by atoms with E-state index < -0.39 is 0 Å². The number of hydrogen-bond donors (Lipinski definition) is 2. The van der Waals surface area contributed by atoms with E-state index in [2.05, 4.69) is 168 Å². The van der Waals surface area contributed by atoms with Gasteiger partial charge in [-0.05, 0) is 63.2 Å². The van der Waals surface area contributed by atoms with E-state index in [0.29, 0.717) is 12.1 Å². The zero-order valence-electron chi connectivity index (χ0n) is 26.7. The summed E-state index contributed by atoms with van der Waals surface area (Å²) in [6.45, 7) is 2.44. The van der Waals surface area contributed by atoms with Gasteiger partial charge in [0.2, 0.25) is 0 Å². The van der Waals surface area contributed by atoms with Gasteiger partial charge in [-0.2, -0.15) is 0 Å². The van der Waals surface area contributed by atoms with E-state index in [1.54, 1.807) is 0 Å². The minimum Gasteiger partial charge on any atom is -0.308 e. The van der Waals surface area contributed by atoms with E-state index in [0.717, 1.165) is 11.3 Å². The highest BCUT2D eigenvalue weighted by Crippen LogP contribution is 2.51. The Balaban J connectivity index is 1.41. The number of rotatable bonds is 3. The molecule has 0 saturated carbocycles. The third-order valence-corrected chi connectivity index (χ3v) is 11.4. The standard InChI is InChI=1S/C45H34N2S/c1-45(44-41(46-44)29-16-6-3-7-17-29)25-24-32-30-18-8-9-19-31(30)33-20-10-12-22-38(33)47-39-23-13-11-21-34(39)40-42(47)36(37(32)27-45)26-35(43(40)48)28-14-4-2-5-15-28/h2-26,41,44,46,48H,27H2,1H3/t41-,44?,45?/m0/s1. The second-order valence-corrected chi connectivity index (χ2v) is 14.2. The van der Waals surface area contributed by atoms with Gasteiger partial charge in [0, 0.05) is 43.9 Å². The van der Waals surface area contributed by atoms with Crippen molar-refractivity contribution in [3.05, 3.63) is 162 Å². The third kappa shape index (κ3) is 4.05. The number of para-hydroxylation sites is 2. The van der Waals surface area contributed by atoms with Crippen LogP contribution in [0.1, 0.15) is 29.7 Å². The molecule has 1 fully saturated rings. The Morgan fingerprint density at radius 1 is 0.667 bits per heavy atom. The Morgan fingerprint density at radius 2 is 1.27 bits per heavy atom. The van der Waals surface area contributed by atoms with Crippen LogP contribution < -0.4 is 5.32 Å². The van der Waals surface area contributed by atoms with Crippen LogP contribution in [0.2, 0.25) is 0 Å². The van der Waals surface area contributed by atoms with Gasteiger partial charge in [0.15, 0.2) is 0 Å². The van der Waals surface area contributed by atoms with Crippen molar-refractivity contribution in [2.45, 2.75) is 30.3 Å². The van der Waals surface area contributed by atoms with Crippen molar-refractivity contribution in [2.75, 3.05) is 0 Å². The molecule has 8 aromatic rings. The highest BCUT2D eigenvalue weighted by Gasteiger charge is 2.50. The van der Waals surface area contributed by atoms with Crippen LogP contribution in [0.3, 0.4) is 0 Å². The molecule has 3 atom stereocenters. The summed E-state index contributed by atoms with van der Waals surface area (Å²) >= 11 is 5.38. The Morgan fingerprint density at radius 3 is 2.02 bits per heavy atom. The second-order valence-electron chi connectivity index (χ2n) is 13.8. The SMILES string of the molecule is CC1(C2N[C@H]2c2ccccc2)C=Cc2c(c3cc(-c4ccccc4)c(S)c4c5ccccc5n(c5ccccc5c5ccccc25)c34)C1. The topological polar surface area (TPSA) is 26.4 Å². The average Bonchev–Trinajstić information content (AvgIpc) is 3.88. The van der Waals surface area contributed by atoms with Gasteiger partial charge in [-0.15, -0.1) is 12.6 Å². The number of hydrogen-bond acceptors (Lipinski definition) is 2. The molecule has 6 aromatic carbocycles. The summed E-state index contributed by atoms with van der Waals surface area (Å²) in [5, 5.41) is 11.4. The Bertz CT molecular complexity index is 2650. The fraction of sp³-hybridized carbons (Fsp3) is 0.111. The zero-order valence-corrected chi connectivity index (χ0v) is 27.6. The summed E-state index contributed by atoms with van der Waals surface area (Å²) in [7, 11) is 0. The number of nitrogens with one attached hydrogen (secondary N) is 1. The van der Waals surface area contributed by atoms with Gasteiger partial charge in [-0.25, -0.2) is 0 Å². The first-order chi connectivity index (χ1) is 23.6. The molecule has 2 nitrogen and oxygen atoms in total. The molecule has 48 heavy (non-hydrogen) atoms. The monoisotopic (exact) mass is 634 g/mol. The van der Waals surface area contributed by atoms with E-state index in [9.17, 15) is 0 Å². The molecule has 0 amide bonds. The molecule has 1 aliphatic carbocycles. The summed E-state index contributed by atoms with van der Waals surface area (Å²) in [5.41, 5.74) is 9.95. The van der Waals surface area contributed by atoms with Crippen molar-refractivity contribution in [1.29, 1.82) is 0 Å². The molecule has 1 N–H and O–H groups in total. The summed E-state index contributed by atoms with van der Waals surface area (Å²) < 4.78 is 2.52. The fourth-order valence-corrected chi connectivity index (χ4v) is 9.01. The normalized spacial score (nSPS) is 20.1. The minimum absolute atomic E-state index is 0.0785. The van der Waals surface area contributed by atoms with Crippen LogP contribution in [0.15, 0.2) is 150 Å². The van der Waals surface area contributed by atoms with Crippen LogP contribution in [0.4, 0.5) is 0 Å². The molecule has 2 unspecified atom stereocenters. The first-order valence-corrected chi connectivity index (χ1v) is 17.3. The first kappa shape index (κ1) is 28.0. The van der Waals surface area contributed by atoms with Crippen molar-refractivity contribution in [3.8, 4) is 11.1 Å². The molecule has 10 rings (SSSR count). The Hall–Kier alpha value is -5.09. The van der Waals surface area contributed by atoms with E-state index in [4.69, 9.17) is 12.6 Å². The molecule has 2 aromatic heterocycles. The van der Waals surface area contributed by atoms with Gasteiger partial charge in [-0.3, -0.25) is 0 Å². The molecule has 3 heterocycles. The molecule has 1 saturated heterocycles.